The van der Waals surface area contributed by atoms with Crippen LogP contribution in [0.1, 0.15) is 25.3 Å². The molecule has 3 rings (SSSR count). The van der Waals surface area contributed by atoms with Crippen LogP contribution in [0, 0.1) is 0 Å². The molecule has 8 heteroatoms. The first-order valence-electron chi connectivity index (χ1n) is 9.70. The van der Waals surface area contributed by atoms with Gasteiger partial charge < -0.3 is 19.1 Å². The van der Waals surface area contributed by atoms with Crippen LogP contribution < -0.4 is 9.47 Å². The summed E-state index contributed by atoms with van der Waals surface area (Å²) in [5.74, 6) is 0.774. The summed E-state index contributed by atoms with van der Waals surface area (Å²) in [6.07, 6.45) is 1.19. The fourth-order valence-electron chi connectivity index (χ4n) is 3.26. The third-order valence-corrected chi connectivity index (χ3v) is 5.08. The summed E-state index contributed by atoms with van der Waals surface area (Å²) in [5.41, 5.74) is 0.905. The number of ether oxygens (including phenoxy) is 3. The van der Waals surface area contributed by atoms with Crippen molar-refractivity contribution in [2.45, 2.75) is 32.4 Å². The molecule has 0 bridgehead atoms. The molecule has 0 saturated carbocycles. The second-order valence-electron chi connectivity index (χ2n) is 6.87. The van der Waals surface area contributed by atoms with Crippen LogP contribution in [0.15, 0.2) is 42.5 Å². The van der Waals surface area contributed by atoms with Gasteiger partial charge in [0.05, 0.1) is 12.6 Å². The standard InChI is InChI=1S/C22H23Cl2NO5/c1-2-28-22(27)14-30-19-5-3-4-15(8-19)12-25-18(6-7-21(25)26)13-29-20-10-16(23)9-17(24)11-20/h3-5,8-11,18H,2,6-7,12-14H2,1H3/t18-/m1/s1. The van der Waals surface area contributed by atoms with Gasteiger partial charge in [-0.3, -0.25) is 4.79 Å². The second-order valence-corrected chi connectivity index (χ2v) is 7.74. The third-order valence-electron chi connectivity index (χ3n) is 4.64. The fraction of sp³-hybridized carbons (Fsp3) is 0.364. The molecule has 0 unspecified atom stereocenters. The molecular formula is C22H23Cl2NO5. The molecule has 1 saturated heterocycles. The topological polar surface area (TPSA) is 65.1 Å². The van der Waals surface area contributed by atoms with Crippen LogP contribution >= 0.6 is 23.2 Å². The van der Waals surface area contributed by atoms with E-state index in [0.717, 1.165) is 5.56 Å². The van der Waals surface area contributed by atoms with E-state index in [-0.39, 0.29) is 18.6 Å². The average molecular weight is 452 g/mol. The van der Waals surface area contributed by atoms with Gasteiger partial charge in [0.15, 0.2) is 6.61 Å². The summed E-state index contributed by atoms with van der Waals surface area (Å²) in [6.45, 7) is 2.68. The number of hydrogen-bond donors (Lipinski definition) is 0. The number of carbonyl (C=O) groups excluding carboxylic acids is 2. The Morgan fingerprint density at radius 2 is 1.87 bits per heavy atom. The molecule has 2 aromatic carbocycles. The Bertz CT molecular complexity index is 885. The van der Waals surface area contributed by atoms with E-state index in [2.05, 4.69) is 0 Å². The fourth-order valence-corrected chi connectivity index (χ4v) is 3.77. The first-order chi connectivity index (χ1) is 14.4. The molecule has 1 heterocycles. The van der Waals surface area contributed by atoms with Crippen molar-refractivity contribution in [1.82, 2.24) is 4.90 Å². The van der Waals surface area contributed by atoms with Crippen LogP contribution in [0.25, 0.3) is 0 Å². The highest BCUT2D eigenvalue weighted by atomic mass is 35.5. The van der Waals surface area contributed by atoms with Crippen LogP contribution in [0.3, 0.4) is 0 Å². The first kappa shape index (κ1) is 22.2. The van der Waals surface area contributed by atoms with Gasteiger partial charge in [0, 0.05) is 23.0 Å². The summed E-state index contributed by atoms with van der Waals surface area (Å²) < 4.78 is 16.2. The van der Waals surface area contributed by atoms with E-state index in [4.69, 9.17) is 37.4 Å². The number of nitrogens with zero attached hydrogens (tertiary/aromatic N) is 1. The molecule has 30 heavy (non-hydrogen) atoms. The van der Waals surface area contributed by atoms with Gasteiger partial charge in [-0.15, -0.1) is 0 Å². The van der Waals surface area contributed by atoms with E-state index < -0.39 is 5.97 Å². The Kier molecular flexibility index (Phi) is 7.82. The number of amides is 1. The molecule has 0 spiro atoms. The molecule has 1 atom stereocenters. The minimum atomic E-state index is -0.420. The average Bonchev–Trinajstić information content (AvgIpc) is 3.04. The van der Waals surface area contributed by atoms with E-state index in [1.165, 1.54) is 0 Å². The zero-order valence-electron chi connectivity index (χ0n) is 16.6. The van der Waals surface area contributed by atoms with E-state index in [0.29, 0.717) is 54.1 Å². The van der Waals surface area contributed by atoms with Crippen LogP contribution in [-0.2, 0) is 20.9 Å². The Morgan fingerprint density at radius 3 is 2.60 bits per heavy atom. The summed E-state index contributed by atoms with van der Waals surface area (Å²) in [5, 5.41) is 0.993. The van der Waals surface area contributed by atoms with Gasteiger partial charge in [-0.2, -0.15) is 0 Å². The monoisotopic (exact) mass is 451 g/mol. The van der Waals surface area contributed by atoms with Crippen molar-refractivity contribution < 1.29 is 23.8 Å². The Morgan fingerprint density at radius 1 is 1.10 bits per heavy atom. The Balaban J connectivity index is 1.60. The van der Waals surface area contributed by atoms with Crippen molar-refractivity contribution in [2.24, 2.45) is 0 Å². The van der Waals surface area contributed by atoms with Gasteiger partial charge in [0.25, 0.3) is 0 Å². The lowest BCUT2D eigenvalue weighted by molar-refractivity contribution is -0.145. The van der Waals surface area contributed by atoms with Gasteiger partial charge >= 0.3 is 5.97 Å². The molecule has 0 radical (unpaired) electrons. The zero-order valence-corrected chi connectivity index (χ0v) is 18.1. The molecule has 0 aliphatic carbocycles. The van der Waals surface area contributed by atoms with Gasteiger partial charge in [0.2, 0.25) is 5.91 Å². The molecule has 1 amide bonds. The number of esters is 1. The van der Waals surface area contributed by atoms with Gasteiger partial charge in [-0.05, 0) is 49.2 Å². The third kappa shape index (κ3) is 6.28. The highest BCUT2D eigenvalue weighted by Gasteiger charge is 2.31. The summed E-state index contributed by atoms with van der Waals surface area (Å²) in [4.78, 5) is 25.7. The maximum Gasteiger partial charge on any atom is 0.344 e. The van der Waals surface area contributed by atoms with Gasteiger partial charge in [-0.25, -0.2) is 4.79 Å². The minimum Gasteiger partial charge on any atom is -0.491 e. The predicted octanol–water partition coefficient (Wildman–Crippen LogP) is 4.51. The molecule has 0 aromatic heterocycles. The minimum absolute atomic E-state index is 0.0561. The molecule has 1 aliphatic heterocycles. The largest absolute Gasteiger partial charge is 0.491 e. The number of benzene rings is 2. The number of likely N-dealkylation sites (tertiary alicyclic amines) is 1. The van der Waals surface area contributed by atoms with E-state index in [9.17, 15) is 9.59 Å². The normalized spacial score (nSPS) is 15.9. The molecule has 1 fully saturated rings. The Hall–Kier alpha value is -2.44. The highest BCUT2D eigenvalue weighted by molar-refractivity contribution is 6.34. The van der Waals surface area contributed by atoms with Crippen molar-refractivity contribution in [1.29, 1.82) is 0 Å². The van der Waals surface area contributed by atoms with Gasteiger partial charge in [0.1, 0.15) is 18.1 Å². The van der Waals surface area contributed by atoms with E-state index >= 15 is 0 Å². The Labute approximate surface area is 185 Å². The number of carbonyl (C=O) groups is 2. The van der Waals surface area contributed by atoms with Crippen molar-refractivity contribution in [2.75, 3.05) is 19.8 Å². The lowest BCUT2D eigenvalue weighted by atomic mass is 10.2. The van der Waals surface area contributed by atoms with E-state index in [1.807, 2.05) is 18.2 Å². The number of halogens is 2. The molecular weight excluding hydrogens is 429 g/mol. The first-order valence-corrected chi connectivity index (χ1v) is 10.5. The molecule has 160 valence electrons. The molecule has 0 N–H and O–H groups in total. The number of hydrogen-bond acceptors (Lipinski definition) is 5. The SMILES string of the molecule is CCOC(=O)COc1cccc(CN2C(=O)CC[C@@H]2COc2cc(Cl)cc(Cl)c2)c1. The van der Waals surface area contributed by atoms with Crippen molar-refractivity contribution >= 4 is 35.1 Å². The maximum atomic E-state index is 12.4. The van der Waals surface area contributed by atoms with Crippen LogP contribution in [0.2, 0.25) is 10.0 Å². The lowest BCUT2D eigenvalue weighted by Gasteiger charge is -2.25. The molecule has 6 nitrogen and oxygen atoms in total. The molecule has 2 aromatic rings. The van der Waals surface area contributed by atoms with Crippen molar-refractivity contribution in [3.05, 3.63) is 58.1 Å². The smallest absolute Gasteiger partial charge is 0.344 e. The summed E-state index contributed by atoms with van der Waals surface area (Å²) >= 11 is 12.0. The lowest BCUT2D eigenvalue weighted by Crippen LogP contribution is -2.36. The van der Waals surface area contributed by atoms with E-state index in [1.54, 1.807) is 36.1 Å². The maximum absolute atomic E-state index is 12.4. The highest BCUT2D eigenvalue weighted by Crippen LogP contribution is 2.27. The quantitative estimate of drug-likeness (QED) is 0.524. The van der Waals surface area contributed by atoms with Crippen LogP contribution in [-0.4, -0.2) is 42.6 Å². The molecule has 1 aliphatic rings. The van der Waals surface area contributed by atoms with Gasteiger partial charge in [-0.1, -0.05) is 35.3 Å². The van der Waals surface area contributed by atoms with Crippen LogP contribution in [0.4, 0.5) is 0 Å². The van der Waals surface area contributed by atoms with Crippen molar-refractivity contribution in [3.63, 3.8) is 0 Å². The second kappa shape index (κ2) is 10.5. The van der Waals surface area contributed by atoms with Crippen molar-refractivity contribution in [3.8, 4) is 11.5 Å². The summed E-state index contributed by atoms with van der Waals surface area (Å²) in [6, 6.07) is 12.3. The van der Waals surface area contributed by atoms with Crippen LogP contribution in [0.5, 0.6) is 11.5 Å². The predicted molar refractivity (Wildman–Crippen MR) is 114 cm³/mol. The summed E-state index contributed by atoms with van der Waals surface area (Å²) in [7, 11) is 0. The zero-order chi connectivity index (χ0) is 21.5. The number of rotatable bonds is 9.